The van der Waals surface area contributed by atoms with Crippen molar-refractivity contribution in [2.75, 3.05) is 28.6 Å². The van der Waals surface area contributed by atoms with Crippen LogP contribution in [0, 0.1) is 5.41 Å². The van der Waals surface area contributed by atoms with Crippen molar-refractivity contribution < 1.29 is 0 Å². The van der Waals surface area contributed by atoms with Crippen LogP contribution in [0.5, 0.6) is 0 Å². The van der Waals surface area contributed by atoms with Crippen LogP contribution in [-0.4, -0.2) is 40.3 Å². The molecule has 160 valence electrons. The summed E-state index contributed by atoms with van der Waals surface area (Å²) in [6, 6.07) is 9.30. The number of benzene rings is 1. The Hall–Kier alpha value is -3.10. The largest absolute Gasteiger partial charge is 0.374 e. The van der Waals surface area contributed by atoms with Gasteiger partial charge in [-0.1, -0.05) is 29.3 Å². The molecular weight excluding hydrogens is 437 g/mol. The van der Waals surface area contributed by atoms with E-state index < -0.39 is 0 Å². The maximum absolute atomic E-state index is 12.7. The molecule has 0 radical (unpaired) electrons. The Morgan fingerprint density at radius 1 is 1.23 bits per heavy atom. The fourth-order valence-electron chi connectivity index (χ4n) is 3.53. The quantitative estimate of drug-likeness (QED) is 0.402. The zero-order valence-electron chi connectivity index (χ0n) is 16.5. The summed E-state index contributed by atoms with van der Waals surface area (Å²) in [6.45, 7) is 2.02. The molecule has 4 rings (SSSR count). The molecule has 0 saturated carbocycles. The van der Waals surface area contributed by atoms with E-state index >= 15 is 0 Å². The maximum atomic E-state index is 12.7. The van der Waals surface area contributed by atoms with Crippen LogP contribution in [0.15, 0.2) is 47.5 Å². The fraction of sp³-hybridized carbons (Fsp3) is 0.238. The minimum Gasteiger partial charge on any atom is -0.374 e. The first-order chi connectivity index (χ1) is 15.0. The number of anilines is 3. The maximum Gasteiger partial charge on any atom is 0.276 e. The first kappa shape index (κ1) is 21.1. The van der Waals surface area contributed by atoms with Gasteiger partial charge in [0, 0.05) is 50.0 Å². The lowest BCUT2D eigenvalue weighted by Crippen LogP contribution is -2.30. The van der Waals surface area contributed by atoms with Gasteiger partial charge in [0.15, 0.2) is 0 Å². The molecule has 1 atom stereocenters. The van der Waals surface area contributed by atoms with Crippen molar-refractivity contribution in [3.05, 3.63) is 74.4 Å². The van der Waals surface area contributed by atoms with Crippen LogP contribution in [0.2, 0.25) is 10.0 Å². The zero-order chi connectivity index (χ0) is 21.8. The number of rotatable bonds is 7. The normalized spacial score (nSPS) is 15.7. The molecule has 3 heterocycles. The Morgan fingerprint density at radius 2 is 2.03 bits per heavy atom. The fourth-order valence-corrected chi connectivity index (χ4v) is 3.85. The van der Waals surface area contributed by atoms with Crippen LogP contribution in [0.1, 0.15) is 17.7 Å². The minimum atomic E-state index is -0.326. The van der Waals surface area contributed by atoms with E-state index in [2.05, 4.69) is 30.5 Å². The van der Waals surface area contributed by atoms with Gasteiger partial charge in [-0.25, -0.2) is 4.98 Å². The molecule has 1 aliphatic rings. The summed E-state index contributed by atoms with van der Waals surface area (Å²) in [5.74, 6) is 0.282. The predicted molar refractivity (Wildman–Crippen MR) is 125 cm³/mol. The number of halogens is 2. The van der Waals surface area contributed by atoms with Crippen LogP contribution >= 0.6 is 23.2 Å². The molecule has 0 bridgehead atoms. The van der Waals surface area contributed by atoms with Crippen molar-refractivity contribution in [1.82, 2.24) is 15.0 Å². The number of H-pyrrole nitrogens is 1. The average Bonchev–Trinajstić information content (AvgIpc) is 3.25. The van der Waals surface area contributed by atoms with Crippen LogP contribution in [-0.2, 0) is 6.54 Å². The summed E-state index contributed by atoms with van der Waals surface area (Å²) in [5.41, 5.74) is 2.24. The third-order valence-corrected chi connectivity index (χ3v) is 5.83. The van der Waals surface area contributed by atoms with E-state index in [1.54, 1.807) is 24.5 Å². The van der Waals surface area contributed by atoms with E-state index in [0.717, 1.165) is 37.0 Å². The first-order valence-corrected chi connectivity index (χ1v) is 10.5. The Kier molecular flexibility index (Phi) is 6.39. The van der Waals surface area contributed by atoms with Crippen molar-refractivity contribution >= 4 is 46.7 Å². The van der Waals surface area contributed by atoms with Gasteiger partial charge < -0.3 is 20.9 Å². The molecule has 0 amide bonds. The Balaban J connectivity index is 1.45. The van der Waals surface area contributed by atoms with E-state index in [-0.39, 0.29) is 23.2 Å². The second-order valence-electron chi connectivity index (χ2n) is 7.20. The third kappa shape index (κ3) is 4.98. The molecule has 31 heavy (non-hydrogen) atoms. The van der Waals surface area contributed by atoms with Gasteiger partial charge in [0.05, 0.1) is 10.0 Å². The molecule has 1 aromatic carbocycles. The first-order valence-electron chi connectivity index (χ1n) is 9.77. The van der Waals surface area contributed by atoms with Crippen molar-refractivity contribution in [1.29, 1.82) is 5.41 Å². The monoisotopic (exact) mass is 457 g/mol. The number of nitrogens with one attached hydrogen (secondary N) is 4. The van der Waals surface area contributed by atoms with Gasteiger partial charge in [-0.3, -0.25) is 14.8 Å². The Bertz CT molecular complexity index is 1140. The number of aromatic amines is 1. The summed E-state index contributed by atoms with van der Waals surface area (Å²) in [4.78, 5) is 26.1. The van der Waals surface area contributed by atoms with E-state index in [4.69, 9.17) is 28.6 Å². The second-order valence-corrected chi connectivity index (χ2v) is 8.02. The smallest absolute Gasteiger partial charge is 0.276 e. The molecule has 1 aliphatic heterocycles. The lowest BCUT2D eigenvalue weighted by molar-refractivity contribution is 0.801. The molecule has 1 unspecified atom stereocenters. The standard InChI is InChI=1S/C21H21Cl2N7O/c22-16-2-1-13(9-17(16)23)11-26-21-28-18(10-24)19(20(31)29-21)27-14-5-8-30(12-14)15-3-6-25-7-4-15/h1-4,6-7,9-10,14,24,27H,5,8,11-12H2,(H2,26,28,29,31). The molecule has 10 heteroatoms. The highest BCUT2D eigenvalue weighted by Crippen LogP contribution is 2.23. The zero-order valence-corrected chi connectivity index (χ0v) is 18.0. The van der Waals surface area contributed by atoms with Gasteiger partial charge in [0.2, 0.25) is 5.95 Å². The lowest BCUT2D eigenvalue weighted by Gasteiger charge is -2.19. The molecule has 8 nitrogen and oxygen atoms in total. The van der Waals surface area contributed by atoms with E-state index in [1.807, 2.05) is 18.2 Å². The Labute approximate surface area is 189 Å². The van der Waals surface area contributed by atoms with Gasteiger partial charge in [-0.15, -0.1) is 0 Å². The van der Waals surface area contributed by atoms with Gasteiger partial charge in [-0.2, -0.15) is 0 Å². The van der Waals surface area contributed by atoms with Crippen LogP contribution in [0.3, 0.4) is 0 Å². The molecule has 0 spiro atoms. The topological polar surface area (TPSA) is 110 Å². The van der Waals surface area contributed by atoms with Gasteiger partial charge >= 0.3 is 0 Å². The molecule has 1 saturated heterocycles. The number of hydrogen-bond donors (Lipinski definition) is 4. The van der Waals surface area contributed by atoms with Gasteiger partial charge in [-0.05, 0) is 36.2 Å². The molecule has 0 aliphatic carbocycles. The van der Waals surface area contributed by atoms with Crippen molar-refractivity contribution in [3.63, 3.8) is 0 Å². The third-order valence-electron chi connectivity index (χ3n) is 5.09. The SMILES string of the molecule is N=Cc1nc(NCc2ccc(Cl)c(Cl)c2)[nH]c(=O)c1NC1CCN(c2ccncc2)C1. The lowest BCUT2D eigenvalue weighted by atomic mass is 10.2. The highest BCUT2D eigenvalue weighted by atomic mass is 35.5. The summed E-state index contributed by atoms with van der Waals surface area (Å²) < 4.78 is 0. The second kappa shape index (κ2) is 9.36. The predicted octanol–water partition coefficient (Wildman–Crippen LogP) is 3.77. The summed E-state index contributed by atoms with van der Waals surface area (Å²) in [5, 5.41) is 15.0. The number of pyridine rings is 1. The average molecular weight is 458 g/mol. The number of aromatic nitrogens is 3. The van der Waals surface area contributed by atoms with Gasteiger partial charge in [0.1, 0.15) is 11.4 Å². The highest BCUT2D eigenvalue weighted by molar-refractivity contribution is 6.42. The summed E-state index contributed by atoms with van der Waals surface area (Å²) >= 11 is 12.0. The minimum absolute atomic E-state index is 0.0739. The molecular formula is C21H21Cl2N7O. The summed E-state index contributed by atoms with van der Waals surface area (Å²) in [7, 11) is 0. The molecule has 4 N–H and O–H groups in total. The van der Waals surface area contributed by atoms with Crippen LogP contribution in [0.4, 0.5) is 17.3 Å². The van der Waals surface area contributed by atoms with E-state index in [9.17, 15) is 4.79 Å². The van der Waals surface area contributed by atoms with Crippen molar-refractivity contribution in [3.8, 4) is 0 Å². The van der Waals surface area contributed by atoms with Crippen molar-refractivity contribution in [2.45, 2.75) is 19.0 Å². The Morgan fingerprint density at radius 3 is 2.77 bits per heavy atom. The highest BCUT2D eigenvalue weighted by Gasteiger charge is 2.24. The molecule has 1 fully saturated rings. The number of nitrogens with zero attached hydrogens (tertiary/aromatic N) is 3. The molecule has 2 aromatic heterocycles. The van der Waals surface area contributed by atoms with Crippen molar-refractivity contribution in [2.24, 2.45) is 0 Å². The van der Waals surface area contributed by atoms with Crippen LogP contribution < -0.4 is 21.1 Å². The molecule has 3 aromatic rings. The van der Waals surface area contributed by atoms with Gasteiger partial charge in [0.25, 0.3) is 5.56 Å². The van der Waals surface area contributed by atoms with E-state index in [0.29, 0.717) is 22.3 Å². The summed E-state index contributed by atoms with van der Waals surface area (Å²) in [6.07, 6.45) is 5.48. The number of hydrogen-bond acceptors (Lipinski definition) is 7. The van der Waals surface area contributed by atoms with Crippen LogP contribution in [0.25, 0.3) is 0 Å². The van der Waals surface area contributed by atoms with E-state index in [1.165, 1.54) is 0 Å².